The molecule has 2 aromatic rings. The van der Waals surface area contributed by atoms with Crippen molar-refractivity contribution < 1.29 is 19.2 Å². The predicted octanol–water partition coefficient (Wildman–Crippen LogP) is 2.21. The molecule has 9 nitrogen and oxygen atoms in total. The Morgan fingerprint density at radius 3 is 2.35 bits per heavy atom. The molecule has 0 radical (unpaired) electrons. The van der Waals surface area contributed by atoms with Gasteiger partial charge in [-0.2, -0.15) is 5.10 Å². The van der Waals surface area contributed by atoms with E-state index >= 15 is 0 Å². The first-order valence-corrected chi connectivity index (χ1v) is 7.89. The highest BCUT2D eigenvalue weighted by Crippen LogP contribution is 2.21. The molecule has 0 bridgehead atoms. The first-order chi connectivity index (χ1) is 12.2. The minimum Gasteiger partial charge on any atom is -0.454 e. The van der Waals surface area contributed by atoms with Crippen LogP contribution in [0.2, 0.25) is 0 Å². The van der Waals surface area contributed by atoms with Gasteiger partial charge in [-0.1, -0.05) is 6.07 Å². The van der Waals surface area contributed by atoms with Crippen molar-refractivity contribution in [3.63, 3.8) is 0 Å². The van der Waals surface area contributed by atoms with Gasteiger partial charge in [-0.15, -0.1) is 0 Å². The Hall–Kier alpha value is -3.23. The van der Waals surface area contributed by atoms with E-state index in [1.807, 2.05) is 32.0 Å². The fraction of sp³-hybridized carbons (Fsp3) is 0.353. The van der Waals surface area contributed by atoms with Gasteiger partial charge in [-0.25, -0.2) is 0 Å². The Bertz CT molecular complexity index is 852. The second-order valence-corrected chi connectivity index (χ2v) is 6.02. The third-order valence-electron chi connectivity index (χ3n) is 3.67. The number of nitro groups is 1. The lowest BCUT2D eigenvalue weighted by Gasteiger charge is -2.09. The largest absolute Gasteiger partial charge is 0.454 e. The van der Waals surface area contributed by atoms with Gasteiger partial charge in [-0.05, 0) is 51.0 Å². The zero-order chi connectivity index (χ0) is 19.4. The molecule has 9 heteroatoms. The molecule has 138 valence electrons. The van der Waals surface area contributed by atoms with Crippen LogP contribution in [0, 0.1) is 37.8 Å². The smallest absolute Gasteiger partial charge is 0.328 e. The van der Waals surface area contributed by atoms with Crippen LogP contribution in [0.5, 0.6) is 0 Å². The molecule has 1 amide bonds. The van der Waals surface area contributed by atoms with Gasteiger partial charge in [0.1, 0.15) is 17.9 Å². The molecule has 0 saturated carbocycles. The first-order valence-electron chi connectivity index (χ1n) is 7.89. The monoisotopic (exact) mass is 360 g/mol. The number of esters is 1. The van der Waals surface area contributed by atoms with Gasteiger partial charge in [0.2, 0.25) is 0 Å². The van der Waals surface area contributed by atoms with E-state index in [1.165, 1.54) is 18.5 Å². The molecule has 0 fully saturated rings. The zero-order valence-corrected chi connectivity index (χ0v) is 15.0. The van der Waals surface area contributed by atoms with Gasteiger partial charge < -0.3 is 10.1 Å². The molecule has 2 rings (SSSR count). The maximum atomic E-state index is 11.9. The summed E-state index contributed by atoms with van der Waals surface area (Å²) in [6.45, 7) is 6.06. The van der Waals surface area contributed by atoms with E-state index in [1.54, 1.807) is 0 Å². The van der Waals surface area contributed by atoms with Crippen molar-refractivity contribution in [3.8, 4) is 0 Å². The maximum Gasteiger partial charge on any atom is 0.328 e. The van der Waals surface area contributed by atoms with Gasteiger partial charge in [0.05, 0.1) is 4.92 Å². The van der Waals surface area contributed by atoms with Crippen molar-refractivity contribution in [2.45, 2.75) is 34.2 Å². The van der Waals surface area contributed by atoms with E-state index in [0.717, 1.165) is 11.1 Å². The van der Waals surface area contributed by atoms with Crippen LogP contribution in [-0.2, 0) is 20.9 Å². The molecule has 1 aromatic carbocycles. The van der Waals surface area contributed by atoms with Crippen molar-refractivity contribution >= 4 is 23.3 Å². The molecular formula is C17H20N4O5. The molecule has 0 unspecified atom stereocenters. The Kier molecular flexibility index (Phi) is 5.71. The van der Waals surface area contributed by atoms with Crippen molar-refractivity contribution in [1.82, 2.24) is 9.78 Å². The number of anilines is 1. The fourth-order valence-electron chi connectivity index (χ4n) is 2.66. The summed E-state index contributed by atoms with van der Waals surface area (Å²) in [6, 6.07) is 5.59. The lowest BCUT2D eigenvalue weighted by atomic mass is 10.1. The molecule has 0 aliphatic rings. The van der Waals surface area contributed by atoms with Gasteiger partial charge in [-0.3, -0.25) is 24.4 Å². The number of rotatable bonds is 6. The number of carbonyl (C=O) groups is 2. The average molecular weight is 360 g/mol. The molecule has 0 aliphatic carbocycles. The van der Waals surface area contributed by atoms with Crippen LogP contribution in [-0.4, -0.2) is 33.2 Å². The highest BCUT2D eigenvalue weighted by atomic mass is 16.6. The number of benzene rings is 1. The Labute approximate surface area is 150 Å². The lowest BCUT2D eigenvalue weighted by Crippen LogP contribution is -2.23. The maximum absolute atomic E-state index is 11.9. The minimum atomic E-state index is -0.707. The van der Waals surface area contributed by atoms with Crippen LogP contribution < -0.4 is 5.32 Å². The molecule has 0 atom stereocenters. The minimum absolute atomic E-state index is 0.134. The summed E-state index contributed by atoms with van der Waals surface area (Å²) in [5.74, 6) is -1.18. The number of nitrogens with one attached hydrogen (secondary N) is 1. The molecule has 1 N–H and O–H groups in total. The van der Waals surface area contributed by atoms with Crippen LogP contribution in [0.4, 0.5) is 11.4 Å². The highest BCUT2D eigenvalue weighted by Gasteiger charge is 2.23. The van der Waals surface area contributed by atoms with Crippen molar-refractivity contribution in [2.75, 3.05) is 11.9 Å². The normalized spacial score (nSPS) is 10.5. The number of hydrogen-bond acceptors (Lipinski definition) is 6. The molecule has 0 aliphatic heterocycles. The van der Waals surface area contributed by atoms with Crippen molar-refractivity contribution in [1.29, 1.82) is 0 Å². The number of carbonyl (C=O) groups excluding carboxylic acids is 2. The fourth-order valence-corrected chi connectivity index (χ4v) is 2.66. The number of aryl methyl sites for hydroxylation is 3. The zero-order valence-electron chi connectivity index (χ0n) is 15.0. The van der Waals surface area contributed by atoms with E-state index < -0.39 is 23.4 Å². The summed E-state index contributed by atoms with van der Waals surface area (Å²) < 4.78 is 6.12. The summed E-state index contributed by atoms with van der Waals surface area (Å²) in [4.78, 5) is 34.2. The van der Waals surface area contributed by atoms with Gasteiger partial charge in [0.15, 0.2) is 6.61 Å². The Morgan fingerprint density at radius 2 is 1.81 bits per heavy atom. The summed E-state index contributed by atoms with van der Waals surface area (Å²) in [5, 5.41) is 17.6. The molecule has 0 spiro atoms. The number of ether oxygens (including phenoxy) is 1. The van der Waals surface area contributed by atoms with Gasteiger partial charge in [0.25, 0.3) is 5.91 Å². The van der Waals surface area contributed by atoms with E-state index in [-0.39, 0.29) is 23.6 Å². The van der Waals surface area contributed by atoms with Crippen molar-refractivity contribution in [2.24, 2.45) is 0 Å². The van der Waals surface area contributed by atoms with E-state index in [9.17, 15) is 19.7 Å². The molecule has 1 aromatic heterocycles. The van der Waals surface area contributed by atoms with Crippen LogP contribution in [0.3, 0.4) is 0 Å². The molecular weight excluding hydrogens is 340 g/mol. The summed E-state index contributed by atoms with van der Waals surface area (Å²) in [7, 11) is 0. The predicted molar refractivity (Wildman–Crippen MR) is 93.9 cm³/mol. The van der Waals surface area contributed by atoms with Crippen LogP contribution in [0.25, 0.3) is 0 Å². The number of amides is 1. The molecule has 0 saturated heterocycles. The summed E-state index contributed by atoms with van der Waals surface area (Å²) >= 11 is 0. The topological polar surface area (TPSA) is 116 Å². The van der Waals surface area contributed by atoms with Crippen LogP contribution in [0.1, 0.15) is 22.5 Å². The third kappa shape index (κ3) is 4.65. The Morgan fingerprint density at radius 1 is 1.19 bits per heavy atom. The van der Waals surface area contributed by atoms with Crippen molar-refractivity contribution in [3.05, 3.63) is 50.8 Å². The summed E-state index contributed by atoms with van der Waals surface area (Å²) in [5.41, 5.74) is 2.96. The van der Waals surface area contributed by atoms with E-state index in [0.29, 0.717) is 5.69 Å². The molecule has 1 heterocycles. The number of hydrogen-bond donors (Lipinski definition) is 1. The van der Waals surface area contributed by atoms with E-state index in [4.69, 9.17) is 4.74 Å². The number of nitrogens with zero attached hydrogens (tertiary/aromatic N) is 3. The number of aromatic nitrogens is 2. The Balaban J connectivity index is 1.91. The van der Waals surface area contributed by atoms with Crippen LogP contribution in [0.15, 0.2) is 18.2 Å². The first kappa shape index (κ1) is 19.1. The van der Waals surface area contributed by atoms with Gasteiger partial charge in [0, 0.05) is 5.69 Å². The van der Waals surface area contributed by atoms with Crippen LogP contribution >= 0.6 is 0 Å². The third-order valence-corrected chi connectivity index (χ3v) is 3.67. The highest BCUT2D eigenvalue weighted by molar-refractivity contribution is 5.92. The van der Waals surface area contributed by atoms with Gasteiger partial charge >= 0.3 is 11.7 Å². The second-order valence-electron chi connectivity index (χ2n) is 6.02. The second kappa shape index (κ2) is 7.77. The lowest BCUT2D eigenvalue weighted by molar-refractivity contribution is -0.386. The standard InChI is InChI=1S/C17H20N4O5/c1-10-5-11(2)7-14(6-10)18-15(22)9-26-16(23)8-20-13(4)17(21(24)25)12(3)19-20/h5-7H,8-9H2,1-4H3,(H,18,22). The quantitative estimate of drug-likeness (QED) is 0.479. The van der Waals surface area contributed by atoms with E-state index in [2.05, 4.69) is 10.4 Å². The molecule has 26 heavy (non-hydrogen) atoms. The summed E-state index contributed by atoms with van der Waals surface area (Å²) in [6.07, 6.45) is 0. The SMILES string of the molecule is Cc1cc(C)cc(NC(=O)COC(=O)Cn2nc(C)c([N+](=O)[O-])c2C)c1. The average Bonchev–Trinajstić information content (AvgIpc) is 2.78.